The van der Waals surface area contributed by atoms with Crippen molar-refractivity contribution in [1.29, 1.82) is 0 Å². The standard InChI is InChI=1S/C12H17N3O/c1-15(2)11-5-3-4-10(14-11)8-13-12(16)9-6-7-9/h3-5,9H,6-8H2,1-2H3,(H,13,16). The maximum Gasteiger partial charge on any atom is 0.223 e. The van der Waals surface area contributed by atoms with Crippen molar-refractivity contribution < 1.29 is 4.79 Å². The highest BCUT2D eigenvalue weighted by Crippen LogP contribution is 2.28. The first-order chi connectivity index (χ1) is 7.66. The molecule has 0 saturated heterocycles. The molecule has 0 bridgehead atoms. The zero-order valence-corrected chi connectivity index (χ0v) is 9.73. The van der Waals surface area contributed by atoms with Gasteiger partial charge in [0.2, 0.25) is 5.91 Å². The van der Waals surface area contributed by atoms with Crippen LogP contribution in [0.3, 0.4) is 0 Å². The molecule has 0 radical (unpaired) electrons. The summed E-state index contributed by atoms with van der Waals surface area (Å²) in [6.07, 6.45) is 2.08. The Morgan fingerprint density at radius 3 is 2.88 bits per heavy atom. The number of aromatic nitrogens is 1. The Kier molecular flexibility index (Phi) is 3.08. The Morgan fingerprint density at radius 1 is 1.50 bits per heavy atom. The van der Waals surface area contributed by atoms with E-state index in [0.717, 1.165) is 24.4 Å². The van der Waals surface area contributed by atoms with Gasteiger partial charge in [-0.2, -0.15) is 0 Å². The number of rotatable bonds is 4. The Morgan fingerprint density at radius 2 is 2.25 bits per heavy atom. The Hall–Kier alpha value is -1.58. The highest BCUT2D eigenvalue weighted by Gasteiger charge is 2.29. The first kappa shape index (κ1) is 10.9. The van der Waals surface area contributed by atoms with Crippen molar-refractivity contribution >= 4 is 11.7 Å². The zero-order valence-electron chi connectivity index (χ0n) is 9.73. The van der Waals surface area contributed by atoms with Crippen LogP contribution in [0, 0.1) is 5.92 Å². The Balaban J connectivity index is 1.92. The van der Waals surface area contributed by atoms with E-state index in [1.54, 1.807) is 0 Å². The lowest BCUT2D eigenvalue weighted by atomic mass is 10.3. The second-order valence-corrected chi connectivity index (χ2v) is 4.37. The van der Waals surface area contributed by atoms with Crippen LogP contribution < -0.4 is 10.2 Å². The molecular weight excluding hydrogens is 202 g/mol. The molecule has 0 atom stereocenters. The van der Waals surface area contributed by atoms with Crippen LogP contribution in [-0.4, -0.2) is 25.0 Å². The third kappa shape index (κ3) is 2.72. The van der Waals surface area contributed by atoms with Gasteiger partial charge < -0.3 is 10.2 Å². The van der Waals surface area contributed by atoms with Crippen LogP contribution >= 0.6 is 0 Å². The number of amides is 1. The van der Waals surface area contributed by atoms with Crippen LogP contribution in [0.1, 0.15) is 18.5 Å². The maximum absolute atomic E-state index is 11.4. The van der Waals surface area contributed by atoms with Crippen molar-refractivity contribution in [2.24, 2.45) is 5.92 Å². The normalized spacial score (nSPS) is 14.6. The van der Waals surface area contributed by atoms with Gasteiger partial charge in [0, 0.05) is 20.0 Å². The molecule has 1 saturated carbocycles. The van der Waals surface area contributed by atoms with E-state index in [1.807, 2.05) is 37.2 Å². The third-order valence-electron chi connectivity index (χ3n) is 2.64. The monoisotopic (exact) mass is 219 g/mol. The predicted octanol–water partition coefficient (Wildman–Crippen LogP) is 1.17. The van der Waals surface area contributed by atoms with E-state index in [-0.39, 0.29) is 11.8 Å². The van der Waals surface area contributed by atoms with Crippen molar-refractivity contribution in [1.82, 2.24) is 10.3 Å². The van der Waals surface area contributed by atoms with Gasteiger partial charge in [-0.1, -0.05) is 6.07 Å². The van der Waals surface area contributed by atoms with Crippen molar-refractivity contribution in [3.63, 3.8) is 0 Å². The topological polar surface area (TPSA) is 45.2 Å². The number of pyridine rings is 1. The molecule has 4 heteroatoms. The molecule has 1 aliphatic carbocycles. The molecule has 4 nitrogen and oxygen atoms in total. The lowest BCUT2D eigenvalue weighted by Crippen LogP contribution is -2.25. The first-order valence-corrected chi connectivity index (χ1v) is 5.58. The van der Waals surface area contributed by atoms with E-state index in [2.05, 4.69) is 10.3 Å². The van der Waals surface area contributed by atoms with Crippen LogP contribution in [0.15, 0.2) is 18.2 Å². The highest BCUT2D eigenvalue weighted by molar-refractivity contribution is 5.80. The van der Waals surface area contributed by atoms with Gasteiger partial charge >= 0.3 is 0 Å². The van der Waals surface area contributed by atoms with Crippen LogP contribution in [-0.2, 0) is 11.3 Å². The molecule has 86 valence electrons. The van der Waals surface area contributed by atoms with Gasteiger partial charge in [0.05, 0.1) is 12.2 Å². The van der Waals surface area contributed by atoms with Crippen LogP contribution in [0.25, 0.3) is 0 Å². The number of hydrogen-bond donors (Lipinski definition) is 1. The molecule has 2 rings (SSSR count). The molecular formula is C12H17N3O. The summed E-state index contributed by atoms with van der Waals surface area (Å²) in [5.41, 5.74) is 0.903. The minimum atomic E-state index is 0.164. The molecule has 1 N–H and O–H groups in total. The summed E-state index contributed by atoms with van der Waals surface area (Å²) >= 11 is 0. The fourth-order valence-electron chi connectivity index (χ4n) is 1.48. The maximum atomic E-state index is 11.4. The van der Waals surface area contributed by atoms with E-state index in [1.165, 1.54) is 0 Å². The summed E-state index contributed by atoms with van der Waals surface area (Å²) in [5.74, 6) is 1.34. The Labute approximate surface area is 95.7 Å². The molecule has 0 aromatic carbocycles. The molecule has 1 amide bonds. The van der Waals surface area contributed by atoms with Crippen molar-refractivity contribution in [2.75, 3.05) is 19.0 Å². The van der Waals surface area contributed by atoms with Gasteiger partial charge in [-0.3, -0.25) is 4.79 Å². The van der Waals surface area contributed by atoms with Crippen molar-refractivity contribution in [3.8, 4) is 0 Å². The lowest BCUT2D eigenvalue weighted by Gasteiger charge is -2.12. The number of carbonyl (C=O) groups is 1. The third-order valence-corrected chi connectivity index (χ3v) is 2.64. The van der Waals surface area contributed by atoms with E-state index >= 15 is 0 Å². The first-order valence-electron chi connectivity index (χ1n) is 5.58. The summed E-state index contributed by atoms with van der Waals surface area (Å²) in [4.78, 5) is 17.8. The average Bonchev–Trinajstić information content (AvgIpc) is 3.10. The number of nitrogens with zero attached hydrogens (tertiary/aromatic N) is 2. The summed E-state index contributed by atoms with van der Waals surface area (Å²) in [6.45, 7) is 0.525. The smallest absolute Gasteiger partial charge is 0.223 e. The summed E-state index contributed by atoms with van der Waals surface area (Å²) < 4.78 is 0. The molecule has 1 aromatic heterocycles. The molecule has 0 unspecified atom stereocenters. The average molecular weight is 219 g/mol. The number of hydrogen-bond acceptors (Lipinski definition) is 3. The number of nitrogens with one attached hydrogen (secondary N) is 1. The molecule has 0 spiro atoms. The van der Waals surface area contributed by atoms with Crippen molar-refractivity contribution in [3.05, 3.63) is 23.9 Å². The van der Waals surface area contributed by atoms with Gasteiger partial charge in [0.25, 0.3) is 0 Å². The van der Waals surface area contributed by atoms with Gasteiger partial charge in [-0.15, -0.1) is 0 Å². The van der Waals surface area contributed by atoms with Gasteiger partial charge in [0.1, 0.15) is 5.82 Å². The van der Waals surface area contributed by atoms with Crippen molar-refractivity contribution in [2.45, 2.75) is 19.4 Å². The van der Waals surface area contributed by atoms with Gasteiger partial charge in [-0.05, 0) is 25.0 Å². The van der Waals surface area contributed by atoms with E-state index in [4.69, 9.17) is 0 Å². The molecule has 1 fully saturated rings. The molecule has 16 heavy (non-hydrogen) atoms. The van der Waals surface area contributed by atoms with Crippen LogP contribution in [0.4, 0.5) is 5.82 Å². The predicted molar refractivity (Wildman–Crippen MR) is 63.1 cm³/mol. The van der Waals surface area contributed by atoms with E-state index in [0.29, 0.717) is 6.54 Å². The SMILES string of the molecule is CN(C)c1cccc(CNC(=O)C2CC2)n1. The van der Waals surface area contributed by atoms with E-state index in [9.17, 15) is 4.79 Å². The van der Waals surface area contributed by atoms with Gasteiger partial charge in [-0.25, -0.2) is 4.98 Å². The molecule has 1 heterocycles. The quantitative estimate of drug-likeness (QED) is 0.827. The second kappa shape index (κ2) is 4.51. The molecule has 1 aromatic rings. The highest BCUT2D eigenvalue weighted by atomic mass is 16.2. The lowest BCUT2D eigenvalue weighted by molar-refractivity contribution is -0.122. The molecule has 0 aliphatic heterocycles. The fourth-order valence-corrected chi connectivity index (χ4v) is 1.48. The minimum absolute atomic E-state index is 0.164. The summed E-state index contributed by atoms with van der Waals surface area (Å²) in [7, 11) is 3.91. The van der Waals surface area contributed by atoms with Crippen LogP contribution in [0.2, 0.25) is 0 Å². The van der Waals surface area contributed by atoms with Crippen LogP contribution in [0.5, 0.6) is 0 Å². The second-order valence-electron chi connectivity index (χ2n) is 4.37. The minimum Gasteiger partial charge on any atom is -0.363 e. The van der Waals surface area contributed by atoms with E-state index < -0.39 is 0 Å². The largest absolute Gasteiger partial charge is 0.363 e. The number of carbonyl (C=O) groups excluding carboxylic acids is 1. The fraction of sp³-hybridized carbons (Fsp3) is 0.500. The van der Waals surface area contributed by atoms with Gasteiger partial charge in [0.15, 0.2) is 0 Å². The summed E-state index contributed by atoms with van der Waals surface area (Å²) in [5, 5.41) is 2.91. The zero-order chi connectivity index (χ0) is 11.5. The molecule has 1 aliphatic rings. The number of anilines is 1. The Bertz CT molecular complexity index is 386. The summed E-state index contributed by atoms with van der Waals surface area (Å²) in [6, 6.07) is 5.84.